The van der Waals surface area contributed by atoms with E-state index in [0.29, 0.717) is 36.9 Å². The number of hydrogen-bond donors (Lipinski definition) is 4. The summed E-state index contributed by atoms with van der Waals surface area (Å²) in [6.45, 7) is 3.93. The van der Waals surface area contributed by atoms with Crippen LogP contribution in [0.3, 0.4) is 0 Å². The summed E-state index contributed by atoms with van der Waals surface area (Å²) in [6, 6.07) is 0.167. The second-order valence-corrected chi connectivity index (χ2v) is 7.73. The third-order valence-electron chi connectivity index (χ3n) is 1.58. The molecule has 0 aromatic carbocycles. The Balaban J connectivity index is -0.000000145. The van der Waals surface area contributed by atoms with Gasteiger partial charge in [-0.1, -0.05) is 17.3 Å². The van der Waals surface area contributed by atoms with E-state index in [1.807, 2.05) is 6.92 Å². The van der Waals surface area contributed by atoms with Crippen molar-refractivity contribution in [3.05, 3.63) is 0 Å². The van der Waals surface area contributed by atoms with Gasteiger partial charge in [-0.15, -0.1) is 0 Å². The zero-order valence-electron chi connectivity index (χ0n) is 12.4. The van der Waals surface area contributed by atoms with Crippen LogP contribution >= 0.6 is 48.9 Å². The van der Waals surface area contributed by atoms with Crippen LogP contribution in [0.15, 0.2) is 0 Å². The third kappa shape index (κ3) is 35.6. The molecule has 0 aliphatic rings. The molecule has 0 rings (SSSR count). The van der Waals surface area contributed by atoms with Crippen molar-refractivity contribution < 1.29 is 39.0 Å². The Morgan fingerprint density at radius 1 is 0.739 bits per heavy atom. The minimum Gasteiger partial charge on any atom is -0.412 e. The fourth-order valence-electron chi connectivity index (χ4n) is 0.818. The van der Waals surface area contributed by atoms with Crippen LogP contribution in [0.4, 0.5) is 0 Å². The molecule has 0 spiro atoms. The fraction of sp³-hybridized carbons (Fsp3) is 0.556. The summed E-state index contributed by atoms with van der Waals surface area (Å²) in [5.74, 6) is 0. The van der Waals surface area contributed by atoms with Crippen LogP contribution in [0, 0.1) is 0 Å². The van der Waals surface area contributed by atoms with Crippen LogP contribution in [-0.2, 0) is 89.5 Å². The molecule has 1 unspecified atom stereocenters. The van der Waals surface area contributed by atoms with Crippen molar-refractivity contribution in [2.45, 2.75) is 13.0 Å². The molecule has 0 radical (unpaired) electrons. The maximum absolute atomic E-state index is 4.67. The van der Waals surface area contributed by atoms with Crippen LogP contribution in [0.25, 0.3) is 0 Å². The minimum atomic E-state index is 0. The molecule has 0 aromatic rings. The first-order valence-corrected chi connectivity index (χ1v) is 8.73. The summed E-state index contributed by atoms with van der Waals surface area (Å²) in [4.78, 5) is 0. The minimum absolute atomic E-state index is 0. The van der Waals surface area contributed by atoms with Gasteiger partial charge in [0.1, 0.15) is 0 Å². The zero-order chi connectivity index (χ0) is 16.8. The molecule has 23 heavy (non-hydrogen) atoms. The van der Waals surface area contributed by atoms with E-state index in [-0.39, 0.29) is 45.0 Å². The fourth-order valence-corrected chi connectivity index (χ4v) is 1.80. The Labute approximate surface area is 207 Å². The molecule has 0 saturated heterocycles. The van der Waals surface area contributed by atoms with Crippen LogP contribution in [0.5, 0.6) is 0 Å². The Morgan fingerprint density at radius 2 is 1.09 bits per heavy atom. The van der Waals surface area contributed by atoms with Crippen LogP contribution in [-0.4, -0.2) is 43.0 Å². The van der Waals surface area contributed by atoms with Crippen molar-refractivity contribution in [2.24, 2.45) is 0 Å². The number of thiocarbonyl (C=S) groups is 4. The van der Waals surface area contributed by atoms with Crippen molar-refractivity contribution in [2.75, 3.05) is 19.6 Å². The first-order valence-electron chi connectivity index (χ1n) is 5.47. The maximum atomic E-state index is 4.67. The second kappa shape index (κ2) is 21.7. The Kier molecular flexibility index (Phi) is 30.6. The molecule has 0 bridgehead atoms. The summed E-state index contributed by atoms with van der Waals surface area (Å²) < 4.78 is 1.48. The molecule has 0 aromatic heterocycles. The molecule has 14 heteroatoms. The molecule has 0 aliphatic heterocycles. The molecule has 0 aliphatic carbocycles. The van der Waals surface area contributed by atoms with Crippen LogP contribution < -0.4 is 21.3 Å². The van der Waals surface area contributed by atoms with Gasteiger partial charge in [0.2, 0.25) is 0 Å². The van der Waals surface area contributed by atoms with E-state index in [2.05, 4.69) is 121 Å². The van der Waals surface area contributed by atoms with Gasteiger partial charge in [-0.05, 0) is 6.92 Å². The van der Waals surface area contributed by atoms with Crippen molar-refractivity contribution in [1.29, 1.82) is 0 Å². The topological polar surface area (TPSA) is 48.1 Å². The van der Waals surface area contributed by atoms with Gasteiger partial charge in [0, 0.05) is 25.7 Å². The summed E-state index contributed by atoms with van der Waals surface area (Å²) in [7, 11) is 0. The molecule has 0 fully saturated rings. The number of hydrogen-bond acceptors (Lipinski definition) is 8. The van der Waals surface area contributed by atoms with Crippen molar-refractivity contribution in [1.82, 2.24) is 21.3 Å². The van der Waals surface area contributed by atoms with Crippen LogP contribution in [0.2, 0.25) is 0 Å². The predicted octanol–water partition coefficient (Wildman–Crippen LogP) is 0.0419. The Morgan fingerprint density at radius 3 is 1.35 bits per heavy atom. The summed E-state index contributed by atoms with van der Waals surface area (Å²) in [5.41, 5.74) is 0. The van der Waals surface area contributed by atoms with E-state index in [9.17, 15) is 0 Å². The maximum Gasteiger partial charge on any atom is 2.00 e. The smallest absolute Gasteiger partial charge is 0.412 e. The largest absolute Gasteiger partial charge is 2.00 e. The Hall–Kier alpha value is 1.69. The molecule has 1 atom stereocenters. The average molecular weight is 566 g/mol. The predicted molar refractivity (Wildman–Crippen MR) is 116 cm³/mol. The van der Waals surface area contributed by atoms with Crippen LogP contribution in [0.1, 0.15) is 6.92 Å². The van der Waals surface area contributed by atoms with Crippen molar-refractivity contribution in [3.63, 3.8) is 0 Å². The Bertz CT molecular complexity index is 355. The average Bonchev–Trinajstić information content (AvgIpc) is 2.32. The van der Waals surface area contributed by atoms with E-state index < -0.39 is 0 Å². The monoisotopic (exact) mass is 562 g/mol. The van der Waals surface area contributed by atoms with Gasteiger partial charge in [-0.3, -0.25) is 0 Å². The van der Waals surface area contributed by atoms with Gasteiger partial charge in [0.25, 0.3) is 0 Å². The van der Waals surface area contributed by atoms with Crippen molar-refractivity contribution >= 4 is 117 Å². The molecule has 4 nitrogen and oxygen atoms in total. The molecule has 0 amide bonds. The quantitative estimate of drug-likeness (QED) is 0.152. The summed E-state index contributed by atoms with van der Waals surface area (Å²) in [6.07, 6.45) is 0. The van der Waals surface area contributed by atoms with Gasteiger partial charge >= 0.3 is 39.0 Å². The molecular weight excluding hydrogens is 551 g/mol. The second-order valence-electron chi connectivity index (χ2n) is 3.43. The van der Waals surface area contributed by atoms with Gasteiger partial charge in [0.05, 0.1) is 0 Å². The van der Waals surface area contributed by atoms with E-state index in [1.165, 1.54) is 0 Å². The van der Waals surface area contributed by atoms with E-state index in [1.54, 1.807) is 0 Å². The molecule has 122 valence electrons. The number of rotatable bonds is 6. The van der Waals surface area contributed by atoms with E-state index in [4.69, 9.17) is 0 Å². The SMILES string of the molecule is CC(CNC(=S)[S-])NC(=S)[S-].S=C([S-])NCCNC(=S)[S-].[Zn+2].[Zn+2]. The molecule has 0 saturated carbocycles. The van der Waals surface area contributed by atoms with Crippen molar-refractivity contribution in [3.8, 4) is 0 Å². The summed E-state index contributed by atoms with van der Waals surface area (Å²) >= 11 is 37.0. The van der Waals surface area contributed by atoms with Gasteiger partial charge in [-0.2, -0.15) is 0 Å². The van der Waals surface area contributed by atoms with Gasteiger partial charge in [0.15, 0.2) is 0 Å². The molecular formula is C9H14N4S8Zn2. The third-order valence-corrected chi connectivity index (χ3v) is 2.68. The molecule has 4 N–H and O–H groups in total. The zero-order valence-corrected chi connectivity index (χ0v) is 24.8. The van der Waals surface area contributed by atoms with E-state index in [0.717, 1.165) is 0 Å². The first kappa shape index (κ1) is 32.4. The van der Waals surface area contributed by atoms with E-state index >= 15 is 0 Å². The molecule has 0 heterocycles. The normalized spacial score (nSPS) is 9.26. The standard InChI is InChI=1S/C5H10N2S4.C4H8N2S4.2Zn/c1-3(7-5(10)11)2-6-4(8)9;7-3(8)5-1-2-6-4(9)10;;/h3H,2H2,1H3,(H2,6,8,9)(H2,7,10,11);1-2H2,(H2,5,7,8)(H2,6,9,10);;/q;;2*+2/p-4. The first-order chi connectivity index (χ1) is 9.65. The summed E-state index contributed by atoms with van der Waals surface area (Å²) in [5, 5.41) is 11.3. The van der Waals surface area contributed by atoms with Gasteiger partial charge in [-0.25, -0.2) is 0 Å². The number of nitrogens with one attached hydrogen (secondary N) is 4. The van der Waals surface area contributed by atoms with Gasteiger partial charge < -0.3 is 121 Å².